The van der Waals surface area contributed by atoms with Crippen molar-refractivity contribution in [2.45, 2.75) is 19.6 Å². The van der Waals surface area contributed by atoms with Gasteiger partial charge in [0.05, 0.1) is 0 Å². The van der Waals surface area contributed by atoms with E-state index in [2.05, 4.69) is 0 Å². The average Bonchev–Trinajstić information content (AvgIpc) is 2.17. The third kappa shape index (κ3) is 3.72. The third-order valence-corrected chi connectivity index (χ3v) is 3.83. The Labute approximate surface area is 90.3 Å². The summed E-state index contributed by atoms with van der Waals surface area (Å²) >= 11 is -4.80. The van der Waals surface area contributed by atoms with Crippen molar-refractivity contribution in [1.82, 2.24) is 0 Å². The van der Waals surface area contributed by atoms with E-state index in [9.17, 15) is 3.74 Å². The fourth-order valence-electron chi connectivity index (χ4n) is 0.959. The van der Waals surface area contributed by atoms with Crippen molar-refractivity contribution < 1.29 is 21.8 Å². The number of hydrogen-bond acceptors (Lipinski definition) is 3. The predicted molar refractivity (Wildman–Crippen MR) is 53.9 cm³/mol. The van der Waals surface area contributed by atoms with Gasteiger partial charge in [0, 0.05) is 0 Å². The van der Waals surface area contributed by atoms with Gasteiger partial charge in [-0.1, -0.05) is 0 Å². The summed E-state index contributed by atoms with van der Waals surface area (Å²) in [5.74, 6) is 0.386. The van der Waals surface area contributed by atoms with E-state index in [-0.39, 0.29) is 4.35 Å². The van der Waals surface area contributed by atoms with Crippen molar-refractivity contribution in [3.05, 3.63) is 24.3 Å². The number of aliphatic hydroxyl groups excluding tert-OH is 1. The molecule has 0 saturated carbocycles. The number of ether oxygens (including phenoxy) is 1. The van der Waals surface area contributed by atoms with Crippen LogP contribution in [0, 0.1) is 0 Å². The van der Waals surface area contributed by atoms with Crippen LogP contribution >= 0.6 is 0 Å². The predicted octanol–water partition coefficient (Wildman–Crippen LogP) is -0.645. The van der Waals surface area contributed by atoms with Gasteiger partial charge in [0.2, 0.25) is 0 Å². The molecule has 1 aromatic rings. The molecule has 0 heterocycles. The second-order valence-corrected chi connectivity index (χ2v) is 6.38. The minimum absolute atomic E-state index is 0.00790. The van der Waals surface area contributed by atoms with Crippen LogP contribution in [0.2, 0.25) is 0 Å². The second-order valence-electron chi connectivity index (χ2n) is 3.02. The molecule has 1 atom stereocenters. The molecule has 0 bridgehead atoms. The molecule has 0 aliphatic heterocycles. The second kappa shape index (κ2) is 4.85. The van der Waals surface area contributed by atoms with Gasteiger partial charge in [-0.15, -0.1) is 0 Å². The topological polar surface area (TPSA) is 87.0 Å². The monoisotopic (exact) mass is 276 g/mol. The van der Waals surface area contributed by atoms with E-state index in [1.54, 1.807) is 6.92 Å². The summed E-state index contributed by atoms with van der Waals surface area (Å²) in [4.78, 5) is 0. The molecular weight excluding hydrogens is 263 g/mol. The van der Waals surface area contributed by atoms with Crippen molar-refractivity contribution in [1.29, 1.82) is 0 Å². The van der Waals surface area contributed by atoms with E-state index < -0.39 is 20.5 Å². The number of rotatable bonds is 4. The molecule has 0 saturated heterocycles. The van der Waals surface area contributed by atoms with Crippen LogP contribution < -0.4 is 9.09 Å². The zero-order valence-electron chi connectivity index (χ0n) is 8.20. The van der Waals surface area contributed by atoms with E-state index in [0.29, 0.717) is 12.2 Å². The molecule has 5 nitrogen and oxygen atoms in total. The van der Waals surface area contributed by atoms with Gasteiger partial charge < -0.3 is 0 Å². The summed E-state index contributed by atoms with van der Waals surface area (Å²) in [5.41, 5.74) is 0. The zero-order valence-corrected chi connectivity index (χ0v) is 10.1. The fourth-order valence-corrected chi connectivity index (χ4v) is 2.09. The van der Waals surface area contributed by atoms with Gasteiger partial charge in [-0.25, -0.2) is 0 Å². The van der Waals surface area contributed by atoms with Gasteiger partial charge in [0.25, 0.3) is 0 Å². The van der Waals surface area contributed by atoms with Gasteiger partial charge in [-0.2, -0.15) is 0 Å². The molecule has 84 valence electrons. The summed E-state index contributed by atoms with van der Waals surface area (Å²) in [6.07, 6.45) is -0.444. The van der Waals surface area contributed by atoms with E-state index in [4.69, 9.17) is 18.0 Å². The average molecular weight is 276 g/mol. The summed E-state index contributed by atoms with van der Waals surface area (Å²) in [5, 5.41) is 9.17. The van der Waals surface area contributed by atoms with Crippen LogP contribution in [0.3, 0.4) is 0 Å². The van der Waals surface area contributed by atoms with Crippen LogP contribution in [0.15, 0.2) is 24.3 Å². The van der Waals surface area contributed by atoms with Crippen LogP contribution in [0.5, 0.6) is 5.75 Å². The fraction of sp³-hybridized carbons (Fsp3) is 0.333. The molecule has 0 aliphatic carbocycles. The van der Waals surface area contributed by atoms with E-state index >= 15 is 0 Å². The molecule has 0 amide bonds. The molecule has 1 aromatic carbocycles. The first kappa shape index (κ1) is 12.3. The molecule has 0 fully saturated rings. The Hall–Kier alpha value is -0.742. The molecule has 6 heteroatoms. The quantitative estimate of drug-likeness (QED) is 0.503. The van der Waals surface area contributed by atoms with Gasteiger partial charge >= 0.3 is 89.9 Å². The van der Waals surface area contributed by atoms with Crippen LogP contribution in [0.25, 0.3) is 0 Å². The van der Waals surface area contributed by atoms with Crippen LogP contribution in [0.4, 0.5) is 0 Å². The van der Waals surface area contributed by atoms with Crippen molar-refractivity contribution >= 4 is 18.5 Å². The molecule has 0 aliphatic rings. The van der Waals surface area contributed by atoms with Gasteiger partial charge in [-0.05, 0) is 0 Å². The number of hydrogen-bond donors (Lipinski definition) is 3. The molecule has 1 unspecified atom stereocenters. The van der Waals surface area contributed by atoms with E-state index in [1.807, 2.05) is 0 Å². The zero-order chi connectivity index (χ0) is 11.5. The standard InChI is InChI=1S/C9H13AsO5/c1-2-9(11)15-8-5-3-7(4-6-8)10(12,13)14/h3-6,9,11H,2H2,1H3,(H2,12,13,14). The Morgan fingerprint density at radius 2 is 1.87 bits per heavy atom. The maximum absolute atomic E-state index is 10.9. The molecule has 0 spiro atoms. The molecule has 15 heavy (non-hydrogen) atoms. The molecular formula is C9H13AsO5. The van der Waals surface area contributed by atoms with Crippen molar-refractivity contribution in [3.63, 3.8) is 0 Å². The van der Waals surface area contributed by atoms with Crippen molar-refractivity contribution in [3.8, 4) is 5.75 Å². The van der Waals surface area contributed by atoms with E-state index in [0.717, 1.165) is 0 Å². The Morgan fingerprint density at radius 3 is 2.27 bits per heavy atom. The SMILES string of the molecule is CCC(O)Oc1ccc([As](=O)(O)O)cc1. The molecule has 0 aromatic heterocycles. The van der Waals surface area contributed by atoms with Gasteiger partial charge in [0.1, 0.15) is 0 Å². The third-order valence-electron chi connectivity index (χ3n) is 1.79. The number of aliphatic hydroxyl groups is 1. The first-order chi connectivity index (χ1) is 6.93. The maximum atomic E-state index is 10.9. The van der Waals surface area contributed by atoms with Crippen LogP contribution in [0.1, 0.15) is 13.3 Å². The van der Waals surface area contributed by atoms with Gasteiger partial charge in [0.15, 0.2) is 0 Å². The van der Waals surface area contributed by atoms with Crippen molar-refractivity contribution in [2.75, 3.05) is 0 Å². The Kier molecular flexibility index (Phi) is 3.99. The summed E-state index contributed by atoms with van der Waals surface area (Å²) in [6, 6.07) is 5.46. The molecule has 1 rings (SSSR count). The summed E-state index contributed by atoms with van der Waals surface area (Å²) in [7, 11) is 0. The number of benzene rings is 1. The van der Waals surface area contributed by atoms with E-state index in [1.165, 1.54) is 24.3 Å². The summed E-state index contributed by atoms with van der Waals surface area (Å²) < 4.78 is 33.7. The summed E-state index contributed by atoms with van der Waals surface area (Å²) in [6.45, 7) is 1.76. The van der Waals surface area contributed by atoms with Crippen molar-refractivity contribution in [2.24, 2.45) is 0 Å². The Bertz CT molecular complexity index is 355. The van der Waals surface area contributed by atoms with Gasteiger partial charge in [-0.3, -0.25) is 0 Å². The Balaban J connectivity index is 2.77. The van der Waals surface area contributed by atoms with Crippen LogP contribution in [-0.4, -0.2) is 33.8 Å². The normalized spacial score (nSPS) is 13.6. The molecule has 3 N–H and O–H groups in total. The van der Waals surface area contributed by atoms with Crippen LogP contribution in [-0.2, 0) is 3.74 Å². The molecule has 0 radical (unpaired) electrons. The Morgan fingerprint density at radius 1 is 1.33 bits per heavy atom. The first-order valence-electron chi connectivity index (χ1n) is 4.44. The first-order valence-corrected chi connectivity index (χ1v) is 7.82. The minimum atomic E-state index is -4.80.